The number of nitrogens with one attached hydrogen (secondary N) is 1. The molecule has 0 saturated heterocycles. The number of rotatable bonds is 7. The molecule has 10 heteroatoms. The molecule has 0 fully saturated rings. The van der Waals surface area contributed by atoms with Crippen molar-refractivity contribution in [1.82, 2.24) is 10.3 Å². The number of carbonyl (C=O) groups is 2. The van der Waals surface area contributed by atoms with Gasteiger partial charge in [0.2, 0.25) is 0 Å². The standard InChI is InChI=1S/C11H21N5O5/c1-11(2,3)15(10(18)19)8(7-17)5-4-6-13-9(12)14-16(20)21/h7-8H,4-6H2,1-3H3,(H,18,19)(H3,12,13,14)/t8-/m0/s1. The van der Waals surface area contributed by atoms with Gasteiger partial charge in [-0.15, -0.1) is 0 Å². The smallest absolute Gasteiger partial charge is 0.408 e. The molecule has 0 aliphatic rings. The number of hydrazine groups is 1. The Hall–Kier alpha value is -2.39. The van der Waals surface area contributed by atoms with Crippen molar-refractivity contribution >= 4 is 18.3 Å². The molecule has 0 rings (SSSR count). The third-order valence-corrected chi connectivity index (χ3v) is 2.56. The SMILES string of the molecule is CC(C)(C)N(C(=O)O)[C@H](C=O)CCCN=C(N)N[N+](=O)[O-]. The van der Waals surface area contributed by atoms with Crippen LogP contribution in [-0.2, 0) is 4.79 Å². The first kappa shape index (κ1) is 18.6. The van der Waals surface area contributed by atoms with Gasteiger partial charge in [0.1, 0.15) is 6.29 Å². The second-order valence-corrected chi connectivity index (χ2v) is 5.30. The van der Waals surface area contributed by atoms with Crippen LogP contribution in [0, 0.1) is 10.1 Å². The largest absolute Gasteiger partial charge is 0.465 e. The number of nitro groups is 1. The minimum Gasteiger partial charge on any atom is -0.465 e. The fourth-order valence-corrected chi connectivity index (χ4v) is 1.81. The Kier molecular flexibility index (Phi) is 7.11. The minimum absolute atomic E-state index is 0.147. The zero-order chi connectivity index (χ0) is 16.6. The zero-order valence-corrected chi connectivity index (χ0v) is 12.3. The summed E-state index contributed by atoms with van der Waals surface area (Å²) in [6.45, 7) is 5.22. The molecule has 0 heterocycles. The van der Waals surface area contributed by atoms with E-state index in [9.17, 15) is 24.8 Å². The number of hydrogen-bond donors (Lipinski definition) is 3. The Morgan fingerprint density at radius 3 is 2.52 bits per heavy atom. The van der Waals surface area contributed by atoms with E-state index in [-0.39, 0.29) is 18.9 Å². The van der Waals surface area contributed by atoms with Crippen molar-refractivity contribution in [3.63, 3.8) is 0 Å². The lowest BCUT2D eigenvalue weighted by atomic mass is 10.0. The first-order valence-electron chi connectivity index (χ1n) is 6.28. The summed E-state index contributed by atoms with van der Waals surface area (Å²) >= 11 is 0. The topological polar surface area (TPSA) is 151 Å². The number of carbonyl (C=O) groups excluding carboxylic acids is 1. The summed E-state index contributed by atoms with van der Waals surface area (Å²) in [6.07, 6.45) is 0.00514. The lowest BCUT2D eigenvalue weighted by Crippen LogP contribution is -2.51. The van der Waals surface area contributed by atoms with Crippen LogP contribution in [0.2, 0.25) is 0 Å². The lowest BCUT2D eigenvalue weighted by molar-refractivity contribution is -0.525. The van der Waals surface area contributed by atoms with Gasteiger partial charge in [0.25, 0.3) is 5.96 Å². The molecule has 0 aliphatic carbocycles. The van der Waals surface area contributed by atoms with E-state index in [1.54, 1.807) is 26.2 Å². The van der Waals surface area contributed by atoms with E-state index >= 15 is 0 Å². The minimum atomic E-state index is -1.18. The molecule has 0 aromatic rings. The van der Waals surface area contributed by atoms with Gasteiger partial charge in [-0.2, -0.15) is 0 Å². The van der Waals surface area contributed by atoms with Crippen LogP contribution in [0.5, 0.6) is 0 Å². The number of aliphatic imine (C=N–C) groups is 1. The van der Waals surface area contributed by atoms with Crippen molar-refractivity contribution in [3.8, 4) is 0 Å². The lowest BCUT2D eigenvalue weighted by Gasteiger charge is -2.37. The third-order valence-electron chi connectivity index (χ3n) is 2.56. The van der Waals surface area contributed by atoms with Crippen LogP contribution in [0.3, 0.4) is 0 Å². The van der Waals surface area contributed by atoms with Gasteiger partial charge in [-0.25, -0.2) is 19.9 Å². The summed E-state index contributed by atoms with van der Waals surface area (Å²) in [5.74, 6) is -0.339. The monoisotopic (exact) mass is 303 g/mol. The van der Waals surface area contributed by atoms with Crippen LogP contribution in [0.25, 0.3) is 0 Å². The van der Waals surface area contributed by atoms with Gasteiger partial charge in [0.15, 0.2) is 5.03 Å². The van der Waals surface area contributed by atoms with Crippen LogP contribution in [-0.4, -0.2) is 51.5 Å². The second-order valence-electron chi connectivity index (χ2n) is 5.30. The molecule has 0 radical (unpaired) electrons. The van der Waals surface area contributed by atoms with Crippen molar-refractivity contribution in [1.29, 1.82) is 0 Å². The van der Waals surface area contributed by atoms with E-state index in [1.165, 1.54) is 0 Å². The van der Waals surface area contributed by atoms with Gasteiger partial charge >= 0.3 is 6.09 Å². The number of nitrogens with two attached hydrogens (primary N) is 1. The highest BCUT2D eigenvalue weighted by atomic mass is 16.7. The molecule has 1 atom stereocenters. The summed E-state index contributed by atoms with van der Waals surface area (Å²) in [5, 5.41) is 18.4. The Morgan fingerprint density at radius 2 is 2.14 bits per heavy atom. The van der Waals surface area contributed by atoms with E-state index in [0.29, 0.717) is 12.7 Å². The highest BCUT2D eigenvalue weighted by Gasteiger charge is 2.32. The highest BCUT2D eigenvalue weighted by molar-refractivity contribution is 5.76. The maximum atomic E-state index is 11.2. The number of nitrogens with zero attached hydrogens (tertiary/aromatic N) is 3. The van der Waals surface area contributed by atoms with E-state index in [2.05, 4.69) is 4.99 Å². The Labute approximate surface area is 122 Å². The summed E-state index contributed by atoms with van der Waals surface area (Å²) in [7, 11) is 0. The van der Waals surface area contributed by atoms with E-state index in [0.717, 1.165) is 4.90 Å². The highest BCUT2D eigenvalue weighted by Crippen LogP contribution is 2.19. The number of hydrogen-bond acceptors (Lipinski definition) is 5. The average molecular weight is 303 g/mol. The molecule has 21 heavy (non-hydrogen) atoms. The quantitative estimate of drug-likeness (QED) is 0.152. The van der Waals surface area contributed by atoms with Crippen LogP contribution >= 0.6 is 0 Å². The van der Waals surface area contributed by atoms with Crippen LogP contribution < -0.4 is 11.2 Å². The molecule has 4 N–H and O–H groups in total. The molecule has 10 nitrogen and oxygen atoms in total. The summed E-state index contributed by atoms with van der Waals surface area (Å²) in [6, 6.07) is -0.803. The Bertz CT molecular complexity index is 418. The summed E-state index contributed by atoms with van der Waals surface area (Å²) in [5.41, 5.74) is 6.20. The van der Waals surface area contributed by atoms with Crippen LogP contribution in [0.4, 0.5) is 4.79 Å². The van der Waals surface area contributed by atoms with Gasteiger partial charge in [-0.05, 0) is 33.6 Å². The van der Waals surface area contributed by atoms with Gasteiger partial charge in [-0.1, -0.05) is 5.43 Å². The van der Waals surface area contributed by atoms with Gasteiger partial charge in [0.05, 0.1) is 6.04 Å². The second kappa shape index (κ2) is 8.02. The Morgan fingerprint density at radius 1 is 1.57 bits per heavy atom. The van der Waals surface area contributed by atoms with Crippen molar-refractivity contribution in [3.05, 3.63) is 10.1 Å². The van der Waals surface area contributed by atoms with E-state index in [4.69, 9.17) is 5.73 Å². The Balaban J connectivity index is 4.55. The molecule has 0 aliphatic heterocycles. The maximum absolute atomic E-state index is 11.2. The molecule has 120 valence electrons. The van der Waals surface area contributed by atoms with Crippen molar-refractivity contribution in [2.24, 2.45) is 10.7 Å². The third kappa shape index (κ3) is 7.09. The summed E-state index contributed by atoms with van der Waals surface area (Å²) in [4.78, 5) is 37.2. The predicted molar refractivity (Wildman–Crippen MR) is 75.3 cm³/mol. The van der Waals surface area contributed by atoms with Crippen molar-refractivity contribution < 1.29 is 19.7 Å². The first-order valence-corrected chi connectivity index (χ1v) is 6.28. The van der Waals surface area contributed by atoms with Crippen LogP contribution in [0.15, 0.2) is 4.99 Å². The van der Waals surface area contributed by atoms with Gasteiger partial charge < -0.3 is 15.6 Å². The maximum Gasteiger partial charge on any atom is 0.408 e. The first-order chi connectivity index (χ1) is 9.59. The van der Waals surface area contributed by atoms with Crippen LogP contribution in [0.1, 0.15) is 33.6 Å². The fourth-order valence-electron chi connectivity index (χ4n) is 1.81. The average Bonchev–Trinajstić information content (AvgIpc) is 2.29. The molecule has 1 amide bonds. The molecular weight excluding hydrogens is 282 g/mol. The zero-order valence-electron chi connectivity index (χ0n) is 12.3. The van der Waals surface area contributed by atoms with Gasteiger partial charge in [-0.3, -0.25) is 4.90 Å². The molecule has 0 aromatic heterocycles. The molecular formula is C11H21N5O5. The number of carboxylic acid groups (broad SMARTS) is 1. The number of amides is 1. The fraction of sp³-hybridized carbons (Fsp3) is 0.727. The molecule has 0 saturated carbocycles. The summed E-state index contributed by atoms with van der Waals surface area (Å²) < 4.78 is 0. The molecule has 0 unspecified atom stereocenters. The molecule has 0 bridgehead atoms. The van der Waals surface area contributed by atoms with Crippen molar-refractivity contribution in [2.75, 3.05) is 6.54 Å². The number of guanidine groups is 1. The number of aldehydes is 1. The molecule has 0 spiro atoms. The van der Waals surface area contributed by atoms with Crippen molar-refractivity contribution in [2.45, 2.75) is 45.2 Å². The van der Waals surface area contributed by atoms with E-state index in [1.807, 2.05) is 0 Å². The molecule has 0 aromatic carbocycles. The van der Waals surface area contributed by atoms with Gasteiger partial charge in [0, 0.05) is 12.1 Å². The predicted octanol–water partition coefficient (Wildman–Crippen LogP) is 0.209. The van der Waals surface area contributed by atoms with E-state index < -0.39 is 22.7 Å². The normalized spacial score (nSPS) is 13.4.